The number of rotatable bonds is 3. The van der Waals surface area contributed by atoms with E-state index in [0.717, 1.165) is 26.5 Å². The number of hydrogen-bond donors (Lipinski definition) is 0. The second-order valence-electron chi connectivity index (χ2n) is 6.50. The Kier molecular flexibility index (Phi) is 5.59. The third kappa shape index (κ3) is 4.15. The fourth-order valence-electron chi connectivity index (χ4n) is 3.04. The minimum absolute atomic E-state index is 0.254. The summed E-state index contributed by atoms with van der Waals surface area (Å²) in [7, 11) is 0. The highest BCUT2D eigenvalue weighted by atomic mass is 79.9. The predicted octanol–water partition coefficient (Wildman–Crippen LogP) is 7.50. The molecule has 4 aromatic rings. The summed E-state index contributed by atoms with van der Waals surface area (Å²) in [6.45, 7) is 1.96. The van der Waals surface area contributed by atoms with E-state index in [4.69, 9.17) is 32.9 Å². The van der Waals surface area contributed by atoms with Crippen molar-refractivity contribution in [3.8, 4) is 17.0 Å². The van der Waals surface area contributed by atoms with Crippen LogP contribution in [0.5, 0.6) is 5.75 Å². The van der Waals surface area contributed by atoms with Gasteiger partial charge in [0.15, 0.2) is 0 Å². The molecule has 1 aromatic heterocycles. The molecule has 0 spiro atoms. The molecule has 0 bridgehead atoms. The highest BCUT2D eigenvalue weighted by molar-refractivity contribution is 9.10. The number of aromatic nitrogens is 1. The fraction of sp³-hybridized carbons (Fsp3) is 0.0435. The summed E-state index contributed by atoms with van der Waals surface area (Å²) >= 11 is 15.5. The van der Waals surface area contributed by atoms with E-state index >= 15 is 0 Å². The van der Waals surface area contributed by atoms with Crippen molar-refractivity contribution in [2.45, 2.75) is 6.92 Å². The number of para-hydroxylation sites is 1. The van der Waals surface area contributed by atoms with Crippen molar-refractivity contribution in [2.75, 3.05) is 0 Å². The van der Waals surface area contributed by atoms with Crippen LogP contribution >= 0.6 is 39.1 Å². The number of fused-ring (bicyclic) bond motifs is 1. The van der Waals surface area contributed by atoms with E-state index in [1.165, 1.54) is 6.07 Å². The van der Waals surface area contributed by atoms with Crippen LogP contribution in [0.25, 0.3) is 22.2 Å². The molecular weight excluding hydrogens is 473 g/mol. The maximum Gasteiger partial charge on any atom is 0.344 e. The van der Waals surface area contributed by atoms with E-state index < -0.39 is 5.97 Å². The van der Waals surface area contributed by atoms with Crippen LogP contribution in [0.15, 0.2) is 71.2 Å². The number of esters is 1. The number of halogens is 3. The molecule has 144 valence electrons. The average Bonchev–Trinajstić information content (AvgIpc) is 2.70. The fourth-order valence-corrected chi connectivity index (χ4v) is 3.75. The molecule has 4 rings (SSSR count). The molecule has 0 saturated carbocycles. The second-order valence-corrected chi connectivity index (χ2v) is 8.26. The maximum absolute atomic E-state index is 13.1. The summed E-state index contributed by atoms with van der Waals surface area (Å²) in [5.74, 6) is -0.255. The van der Waals surface area contributed by atoms with Gasteiger partial charge in [-0.2, -0.15) is 0 Å². The van der Waals surface area contributed by atoms with E-state index in [9.17, 15) is 4.79 Å². The molecule has 1 heterocycles. The third-order valence-corrected chi connectivity index (χ3v) is 5.56. The van der Waals surface area contributed by atoms with E-state index in [1.807, 2.05) is 49.4 Å². The van der Waals surface area contributed by atoms with Crippen LogP contribution in [0, 0.1) is 6.92 Å². The second kappa shape index (κ2) is 8.15. The molecule has 0 aliphatic heterocycles. The van der Waals surface area contributed by atoms with Gasteiger partial charge in [0.1, 0.15) is 5.75 Å². The number of hydrogen-bond acceptors (Lipinski definition) is 3. The van der Waals surface area contributed by atoms with Crippen LogP contribution in [0.2, 0.25) is 10.0 Å². The van der Waals surface area contributed by atoms with Gasteiger partial charge in [-0.3, -0.25) is 0 Å². The van der Waals surface area contributed by atoms with Crippen LogP contribution in [-0.4, -0.2) is 11.0 Å². The third-order valence-electron chi connectivity index (χ3n) is 4.50. The Morgan fingerprint density at radius 3 is 2.48 bits per heavy atom. The molecule has 0 unspecified atom stereocenters. The van der Waals surface area contributed by atoms with Crippen molar-refractivity contribution in [1.82, 2.24) is 4.98 Å². The zero-order valence-corrected chi connectivity index (χ0v) is 18.3. The summed E-state index contributed by atoms with van der Waals surface area (Å²) in [5.41, 5.74) is 3.73. The van der Waals surface area contributed by atoms with E-state index in [-0.39, 0.29) is 10.8 Å². The smallest absolute Gasteiger partial charge is 0.344 e. The first-order valence-electron chi connectivity index (χ1n) is 8.76. The Morgan fingerprint density at radius 2 is 1.76 bits per heavy atom. The van der Waals surface area contributed by atoms with Crippen molar-refractivity contribution < 1.29 is 9.53 Å². The number of aryl methyl sites for hydroxylation is 1. The van der Waals surface area contributed by atoms with E-state index in [2.05, 4.69) is 15.9 Å². The zero-order chi connectivity index (χ0) is 20.5. The van der Waals surface area contributed by atoms with Gasteiger partial charge in [0, 0.05) is 20.4 Å². The van der Waals surface area contributed by atoms with Gasteiger partial charge in [-0.1, -0.05) is 69.5 Å². The van der Waals surface area contributed by atoms with Gasteiger partial charge < -0.3 is 4.74 Å². The van der Waals surface area contributed by atoms with Crippen molar-refractivity contribution in [2.24, 2.45) is 0 Å². The lowest BCUT2D eigenvalue weighted by molar-refractivity contribution is 0.0737. The highest BCUT2D eigenvalue weighted by Crippen LogP contribution is 2.31. The largest absolute Gasteiger partial charge is 0.421 e. The van der Waals surface area contributed by atoms with Crippen molar-refractivity contribution in [3.63, 3.8) is 0 Å². The number of carbonyl (C=O) groups is 1. The van der Waals surface area contributed by atoms with Gasteiger partial charge in [0.05, 0.1) is 21.8 Å². The molecule has 0 atom stereocenters. The SMILES string of the molecule is Cc1cccc2c(C(=O)Oc3ccc(Cl)cc3Cl)cc(-c3ccc(Br)cc3)nc12. The molecule has 0 amide bonds. The zero-order valence-electron chi connectivity index (χ0n) is 15.2. The summed E-state index contributed by atoms with van der Waals surface area (Å²) in [6, 6.07) is 20.0. The molecule has 0 radical (unpaired) electrons. The minimum Gasteiger partial charge on any atom is -0.421 e. The molecule has 6 heteroatoms. The van der Waals surface area contributed by atoms with E-state index in [1.54, 1.807) is 18.2 Å². The number of ether oxygens (including phenoxy) is 1. The number of benzene rings is 3. The van der Waals surface area contributed by atoms with Crippen LogP contribution in [-0.2, 0) is 0 Å². The van der Waals surface area contributed by atoms with Crippen LogP contribution in [0.4, 0.5) is 0 Å². The molecule has 0 aliphatic rings. The lowest BCUT2D eigenvalue weighted by Gasteiger charge is -2.12. The Labute approximate surface area is 186 Å². The minimum atomic E-state index is -0.509. The highest BCUT2D eigenvalue weighted by Gasteiger charge is 2.18. The molecule has 0 aliphatic carbocycles. The molecule has 3 aromatic carbocycles. The summed E-state index contributed by atoms with van der Waals surface area (Å²) in [6.07, 6.45) is 0. The Morgan fingerprint density at radius 1 is 1.00 bits per heavy atom. The van der Waals surface area contributed by atoms with Gasteiger partial charge in [0.2, 0.25) is 0 Å². The lowest BCUT2D eigenvalue weighted by atomic mass is 10.0. The number of pyridine rings is 1. The first kappa shape index (κ1) is 19.9. The van der Waals surface area contributed by atoms with Crippen LogP contribution < -0.4 is 4.74 Å². The normalized spacial score (nSPS) is 10.9. The topological polar surface area (TPSA) is 39.2 Å². The van der Waals surface area contributed by atoms with Gasteiger partial charge in [0.25, 0.3) is 0 Å². The Bertz CT molecular complexity index is 1240. The van der Waals surface area contributed by atoms with Crippen LogP contribution in [0.3, 0.4) is 0 Å². The summed E-state index contributed by atoms with van der Waals surface area (Å²) in [4.78, 5) is 17.9. The summed E-state index contributed by atoms with van der Waals surface area (Å²) in [5, 5.41) is 1.46. The van der Waals surface area contributed by atoms with Crippen molar-refractivity contribution >= 4 is 56.0 Å². The quantitative estimate of drug-likeness (QED) is 0.222. The number of nitrogens with zero attached hydrogens (tertiary/aromatic N) is 1. The monoisotopic (exact) mass is 485 g/mol. The summed E-state index contributed by atoms with van der Waals surface area (Å²) < 4.78 is 6.55. The molecule has 0 saturated heterocycles. The maximum atomic E-state index is 13.1. The standard InChI is InChI=1S/C23H14BrCl2NO2/c1-13-3-2-4-17-18(23(28)29-21-10-9-16(25)11-19(21)26)12-20(27-22(13)17)14-5-7-15(24)8-6-14/h2-12H,1H3. The van der Waals surface area contributed by atoms with Crippen molar-refractivity contribution in [1.29, 1.82) is 0 Å². The molecule has 0 fully saturated rings. The molecular formula is C23H14BrCl2NO2. The van der Waals surface area contributed by atoms with Crippen molar-refractivity contribution in [3.05, 3.63) is 92.4 Å². The predicted molar refractivity (Wildman–Crippen MR) is 121 cm³/mol. The van der Waals surface area contributed by atoms with Crippen LogP contribution in [0.1, 0.15) is 15.9 Å². The lowest BCUT2D eigenvalue weighted by Crippen LogP contribution is -2.10. The van der Waals surface area contributed by atoms with Gasteiger partial charge in [-0.05, 0) is 48.9 Å². The molecule has 3 nitrogen and oxygen atoms in total. The average molecular weight is 487 g/mol. The molecule has 0 N–H and O–H groups in total. The first-order valence-corrected chi connectivity index (χ1v) is 10.3. The number of carbonyl (C=O) groups excluding carboxylic acids is 1. The van der Waals surface area contributed by atoms with E-state index in [0.29, 0.717) is 16.3 Å². The molecule has 29 heavy (non-hydrogen) atoms. The Balaban J connectivity index is 1.84. The Hall–Kier alpha value is -2.40. The first-order chi connectivity index (χ1) is 13.9. The van der Waals surface area contributed by atoms with Gasteiger partial charge in [-0.25, -0.2) is 9.78 Å². The van der Waals surface area contributed by atoms with Gasteiger partial charge in [-0.15, -0.1) is 0 Å². The van der Waals surface area contributed by atoms with Gasteiger partial charge >= 0.3 is 5.97 Å².